The first-order valence-electron chi connectivity index (χ1n) is 18.8. The number of furan rings is 1. The zero-order chi connectivity index (χ0) is 36.3. The van der Waals surface area contributed by atoms with Gasteiger partial charge in [0, 0.05) is 44.0 Å². The van der Waals surface area contributed by atoms with Gasteiger partial charge in [0.05, 0.1) is 16.7 Å². The first-order chi connectivity index (χ1) is 27.3. The van der Waals surface area contributed by atoms with E-state index in [4.69, 9.17) is 4.42 Å². The van der Waals surface area contributed by atoms with Gasteiger partial charge in [-0.05, 0) is 100 Å². The van der Waals surface area contributed by atoms with Gasteiger partial charge in [-0.1, -0.05) is 133 Å². The lowest BCUT2D eigenvalue weighted by Crippen LogP contribution is -2.10. The van der Waals surface area contributed by atoms with Crippen LogP contribution in [0.3, 0.4) is 0 Å². The molecule has 0 atom stereocenters. The fraction of sp³-hybridized carbons (Fsp3) is 0. The molecule has 0 aliphatic heterocycles. The number of anilines is 3. The van der Waals surface area contributed by atoms with Gasteiger partial charge in [-0.3, -0.25) is 0 Å². The number of hydrogen-bond donors (Lipinski definition) is 0. The normalized spacial score (nSPS) is 11.6. The molecule has 11 aromatic rings. The van der Waals surface area contributed by atoms with Gasteiger partial charge in [-0.25, -0.2) is 0 Å². The fourth-order valence-corrected chi connectivity index (χ4v) is 8.43. The molecule has 0 saturated heterocycles. The van der Waals surface area contributed by atoms with Crippen molar-refractivity contribution in [2.24, 2.45) is 0 Å². The number of benzene rings is 9. The Labute approximate surface area is 318 Å². The molecule has 0 bridgehead atoms. The van der Waals surface area contributed by atoms with E-state index in [1.807, 2.05) is 6.07 Å². The maximum Gasteiger partial charge on any atom is 0.136 e. The number of para-hydroxylation sites is 3. The summed E-state index contributed by atoms with van der Waals surface area (Å²) in [7, 11) is 0. The largest absolute Gasteiger partial charge is 0.456 e. The summed E-state index contributed by atoms with van der Waals surface area (Å²) >= 11 is 0. The Morgan fingerprint density at radius 3 is 1.73 bits per heavy atom. The van der Waals surface area contributed by atoms with E-state index in [1.54, 1.807) is 0 Å². The quantitative estimate of drug-likeness (QED) is 0.172. The minimum absolute atomic E-state index is 0.889. The van der Waals surface area contributed by atoms with Crippen molar-refractivity contribution in [3.05, 3.63) is 206 Å². The number of fused-ring (bicyclic) bond motifs is 8. The van der Waals surface area contributed by atoms with Crippen molar-refractivity contribution in [3.8, 4) is 27.9 Å². The maximum absolute atomic E-state index is 6.40. The average molecular weight is 703 g/mol. The van der Waals surface area contributed by atoms with E-state index >= 15 is 0 Å². The summed E-state index contributed by atoms with van der Waals surface area (Å²) in [6, 6.07) is 73.9. The fourth-order valence-electron chi connectivity index (χ4n) is 8.43. The lowest BCUT2D eigenvalue weighted by molar-refractivity contribution is 0.669. The van der Waals surface area contributed by atoms with E-state index < -0.39 is 0 Å². The van der Waals surface area contributed by atoms with Crippen LogP contribution in [0.5, 0.6) is 0 Å². The highest BCUT2D eigenvalue weighted by atomic mass is 16.3. The number of hydrogen-bond acceptors (Lipinski definition) is 2. The van der Waals surface area contributed by atoms with Crippen LogP contribution in [0.2, 0.25) is 0 Å². The molecule has 0 amide bonds. The molecule has 2 heterocycles. The van der Waals surface area contributed by atoms with Crippen LogP contribution in [0.15, 0.2) is 211 Å². The van der Waals surface area contributed by atoms with Crippen LogP contribution in [0, 0.1) is 0 Å². The molecule has 0 saturated carbocycles. The molecule has 258 valence electrons. The molecular formula is C52H34N2O. The highest BCUT2D eigenvalue weighted by Crippen LogP contribution is 2.45. The highest BCUT2D eigenvalue weighted by molar-refractivity contribution is 6.23. The van der Waals surface area contributed by atoms with Gasteiger partial charge in [0.2, 0.25) is 0 Å². The molecule has 0 aliphatic rings. The van der Waals surface area contributed by atoms with Crippen LogP contribution >= 0.6 is 0 Å². The van der Waals surface area contributed by atoms with Gasteiger partial charge in [0.1, 0.15) is 11.2 Å². The van der Waals surface area contributed by atoms with Gasteiger partial charge in [0.15, 0.2) is 0 Å². The zero-order valence-corrected chi connectivity index (χ0v) is 29.9. The Balaban J connectivity index is 1.07. The van der Waals surface area contributed by atoms with E-state index in [2.05, 4.69) is 210 Å². The summed E-state index contributed by atoms with van der Waals surface area (Å²) in [5.74, 6) is 0. The molecule has 0 N–H and O–H groups in total. The van der Waals surface area contributed by atoms with Crippen molar-refractivity contribution < 1.29 is 4.42 Å². The molecular weight excluding hydrogens is 669 g/mol. The van der Waals surface area contributed by atoms with Gasteiger partial charge < -0.3 is 13.9 Å². The first kappa shape index (κ1) is 31.2. The molecule has 3 nitrogen and oxygen atoms in total. The molecule has 0 radical (unpaired) electrons. The molecule has 11 rings (SSSR count). The predicted octanol–water partition coefficient (Wildman–Crippen LogP) is 14.6. The molecule has 0 spiro atoms. The lowest BCUT2D eigenvalue weighted by atomic mass is 9.99. The summed E-state index contributed by atoms with van der Waals surface area (Å²) in [5, 5.41) is 7.08. The van der Waals surface area contributed by atoms with Crippen molar-refractivity contribution in [1.29, 1.82) is 0 Å². The minimum Gasteiger partial charge on any atom is -0.456 e. The first-order valence-corrected chi connectivity index (χ1v) is 18.8. The summed E-state index contributed by atoms with van der Waals surface area (Å²) in [5.41, 5.74) is 13.4. The zero-order valence-electron chi connectivity index (χ0n) is 29.9. The SMILES string of the molecule is c1ccc(-c2ccc(N(c3ccc(-c4ccc5c(c4)c4ccccc4n5-c4ccccc4)cc3)c3cccc4ccc5oc6ccccc6c5c34)cc2)cc1. The number of aromatic nitrogens is 1. The van der Waals surface area contributed by atoms with Gasteiger partial charge >= 0.3 is 0 Å². The molecule has 9 aromatic carbocycles. The third-order valence-corrected chi connectivity index (χ3v) is 11.0. The summed E-state index contributed by atoms with van der Waals surface area (Å²) in [6.07, 6.45) is 0. The second-order valence-corrected chi connectivity index (χ2v) is 14.1. The smallest absolute Gasteiger partial charge is 0.136 e. The highest BCUT2D eigenvalue weighted by Gasteiger charge is 2.20. The Kier molecular flexibility index (Phi) is 7.17. The van der Waals surface area contributed by atoms with E-state index in [0.717, 1.165) is 44.7 Å². The maximum atomic E-state index is 6.40. The van der Waals surface area contributed by atoms with Crippen LogP contribution in [0.4, 0.5) is 17.1 Å². The van der Waals surface area contributed by atoms with Crippen molar-refractivity contribution in [2.75, 3.05) is 4.90 Å². The van der Waals surface area contributed by atoms with Crippen molar-refractivity contribution in [1.82, 2.24) is 4.57 Å². The van der Waals surface area contributed by atoms with Crippen LogP contribution in [0.25, 0.3) is 82.5 Å². The Hall–Kier alpha value is -7.36. The molecule has 55 heavy (non-hydrogen) atoms. The summed E-state index contributed by atoms with van der Waals surface area (Å²) in [6.45, 7) is 0. The number of nitrogens with zero attached hydrogens (tertiary/aromatic N) is 2. The van der Waals surface area contributed by atoms with E-state index in [-0.39, 0.29) is 0 Å². The standard InChI is InChI=1S/C52H34N2O/c1-3-12-35(13-4-1)36-22-28-41(29-23-36)53(48-20-11-14-38-27-33-50-52(51(38)48)44-18-8-10-21-49(44)55-50)42-30-24-37(25-31-42)39-26-32-47-45(34-39)43-17-7-9-19-46(43)54(47)40-15-5-2-6-16-40/h1-34H. The van der Waals surface area contributed by atoms with Crippen LogP contribution in [-0.2, 0) is 0 Å². The monoisotopic (exact) mass is 702 g/mol. The molecule has 0 fully saturated rings. The second kappa shape index (κ2) is 12.6. The topological polar surface area (TPSA) is 21.3 Å². The Morgan fingerprint density at radius 1 is 0.364 bits per heavy atom. The average Bonchev–Trinajstić information content (AvgIpc) is 3.81. The van der Waals surface area contributed by atoms with Crippen molar-refractivity contribution in [3.63, 3.8) is 0 Å². The van der Waals surface area contributed by atoms with Gasteiger partial charge in [0.25, 0.3) is 0 Å². The minimum atomic E-state index is 0.889. The van der Waals surface area contributed by atoms with Gasteiger partial charge in [-0.15, -0.1) is 0 Å². The van der Waals surface area contributed by atoms with Crippen LogP contribution < -0.4 is 4.90 Å². The van der Waals surface area contributed by atoms with Gasteiger partial charge in [-0.2, -0.15) is 0 Å². The molecule has 3 heteroatoms. The summed E-state index contributed by atoms with van der Waals surface area (Å²) in [4.78, 5) is 2.39. The number of rotatable bonds is 6. The predicted molar refractivity (Wildman–Crippen MR) is 231 cm³/mol. The van der Waals surface area contributed by atoms with Crippen LogP contribution in [-0.4, -0.2) is 4.57 Å². The Morgan fingerprint density at radius 2 is 0.964 bits per heavy atom. The second-order valence-electron chi connectivity index (χ2n) is 14.1. The van der Waals surface area contributed by atoms with Crippen LogP contribution in [0.1, 0.15) is 0 Å². The molecule has 0 aliphatic carbocycles. The lowest BCUT2D eigenvalue weighted by Gasteiger charge is -2.27. The Bertz CT molecular complexity index is 3180. The van der Waals surface area contributed by atoms with E-state index in [1.165, 1.54) is 54.8 Å². The molecule has 0 unspecified atom stereocenters. The third-order valence-electron chi connectivity index (χ3n) is 11.0. The van der Waals surface area contributed by atoms with E-state index in [9.17, 15) is 0 Å². The van der Waals surface area contributed by atoms with E-state index in [0.29, 0.717) is 0 Å². The van der Waals surface area contributed by atoms with Crippen molar-refractivity contribution in [2.45, 2.75) is 0 Å². The molecule has 2 aromatic heterocycles. The third kappa shape index (κ3) is 5.13. The van der Waals surface area contributed by atoms with Crippen molar-refractivity contribution >= 4 is 71.6 Å². The summed E-state index contributed by atoms with van der Waals surface area (Å²) < 4.78 is 8.76.